The molecule has 1 aliphatic carbocycles. The summed E-state index contributed by atoms with van der Waals surface area (Å²) in [5.41, 5.74) is -1.31. The summed E-state index contributed by atoms with van der Waals surface area (Å²) in [6, 6.07) is 6.20. The van der Waals surface area contributed by atoms with Gasteiger partial charge in [0.2, 0.25) is 0 Å². The lowest BCUT2D eigenvalue weighted by Gasteiger charge is -2.34. The van der Waals surface area contributed by atoms with E-state index in [0.717, 1.165) is 31.7 Å². The van der Waals surface area contributed by atoms with Crippen LogP contribution in [0.3, 0.4) is 0 Å². The van der Waals surface area contributed by atoms with Crippen molar-refractivity contribution in [2.24, 2.45) is 5.92 Å². The summed E-state index contributed by atoms with van der Waals surface area (Å²) in [5.74, 6) is -2.52. The number of nitrogens with one attached hydrogen (secondary N) is 1. The van der Waals surface area contributed by atoms with Gasteiger partial charge in [0.1, 0.15) is 0 Å². The van der Waals surface area contributed by atoms with E-state index in [1.165, 1.54) is 31.2 Å². The van der Waals surface area contributed by atoms with Gasteiger partial charge in [-0.05, 0) is 42.8 Å². The molecule has 1 saturated carbocycles. The van der Waals surface area contributed by atoms with Crippen molar-refractivity contribution >= 4 is 16.7 Å². The number of amides is 1. The third-order valence-electron chi connectivity index (χ3n) is 5.39. The fraction of sp³-hybridized carbons (Fsp3) is 0.476. The summed E-state index contributed by atoms with van der Waals surface area (Å²) in [4.78, 5) is 12.7. The van der Waals surface area contributed by atoms with E-state index in [-0.39, 0.29) is 23.3 Å². The molecule has 1 fully saturated rings. The van der Waals surface area contributed by atoms with E-state index in [1.54, 1.807) is 0 Å². The van der Waals surface area contributed by atoms with Gasteiger partial charge in [-0.2, -0.15) is 13.2 Å². The van der Waals surface area contributed by atoms with Crippen molar-refractivity contribution in [3.8, 4) is 0 Å². The predicted molar refractivity (Wildman–Crippen MR) is 97.0 cm³/mol. The van der Waals surface area contributed by atoms with Crippen LogP contribution in [0.15, 0.2) is 30.3 Å². The summed E-state index contributed by atoms with van der Waals surface area (Å²) >= 11 is 0. The van der Waals surface area contributed by atoms with Crippen molar-refractivity contribution in [3.05, 3.63) is 47.5 Å². The third kappa shape index (κ3) is 4.80. The van der Waals surface area contributed by atoms with E-state index < -0.39 is 35.7 Å². The molecule has 7 heteroatoms. The maximum Gasteiger partial charge on any atom is 0.391 e. The molecule has 2 aromatic rings. The topological polar surface area (TPSA) is 29.1 Å². The van der Waals surface area contributed by atoms with Crippen LogP contribution in [0.25, 0.3) is 10.8 Å². The molecule has 0 aliphatic heterocycles. The van der Waals surface area contributed by atoms with Gasteiger partial charge >= 0.3 is 6.18 Å². The second-order valence-corrected chi connectivity index (χ2v) is 7.96. The first kappa shape index (κ1) is 20.6. The Morgan fingerprint density at radius 2 is 1.79 bits per heavy atom. The monoisotopic (exact) mass is 399 g/mol. The molecule has 0 bridgehead atoms. The van der Waals surface area contributed by atoms with Crippen LogP contribution in [0.1, 0.15) is 55.8 Å². The summed E-state index contributed by atoms with van der Waals surface area (Å²) < 4.78 is 66.6. The molecule has 152 valence electrons. The molecule has 0 spiro atoms. The fourth-order valence-corrected chi connectivity index (χ4v) is 4.21. The molecule has 1 amide bonds. The molecular formula is C21H22F5NO. The largest absolute Gasteiger partial charge is 0.391 e. The highest BCUT2D eigenvalue weighted by Gasteiger charge is 2.42. The van der Waals surface area contributed by atoms with Gasteiger partial charge in [0.25, 0.3) is 5.91 Å². The van der Waals surface area contributed by atoms with E-state index in [9.17, 15) is 26.7 Å². The van der Waals surface area contributed by atoms with Crippen molar-refractivity contribution in [2.45, 2.75) is 57.2 Å². The molecule has 1 N–H and O–H groups in total. The molecule has 0 heterocycles. The maximum absolute atomic E-state index is 13.8. The van der Waals surface area contributed by atoms with Gasteiger partial charge in [0, 0.05) is 16.5 Å². The SMILES string of the molecule is CC(CC1CCCC1)(CC(F)(F)F)NC(=O)c1ccc2c(F)c(F)ccc2c1. The van der Waals surface area contributed by atoms with Gasteiger partial charge in [-0.15, -0.1) is 0 Å². The van der Waals surface area contributed by atoms with E-state index in [2.05, 4.69) is 5.32 Å². The predicted octanol–water partition coefficient (Wildman–Crippen LogP) is 6.14. The number of carbonyl (C=O) groups is 1. The van der Waals surface area contributed by atoms with Crippen molar-refractivity contribution in [1.29, 1.82) is 0 Å². The van der Waals surface area contributed by atoms with Gasteiger partial charge in [-0.3, -0.25) is 4.79 Å². The van der Waals surface area contributed by atoms with Crippen LogP contribution in [0.5, 0.6) is 0 Å². The quantitative estimate of drug-likeness (QED) is 0.601. The number of alkyl halides is 3. The molecule has 28 heavy (non-hydrogen) atoms. The number of halogens is 5. The average molecular weight is 399 g/mol. The minimum Gasteiger partial charge on any atom is -0.347 e. The third-order valence-corrected chi connectivity index (χ3v) is 5.39. The molecule has 3 rings (SSSR count). The summed E-state index contributed by atoms with van der Waals surface area (Å²) in [6.45, 7) is 1.42. The number of carbonyl (C=O) groups excluding carboxylic acids is 1. The molecule has 0 aromatic heterocycles. The van der Waals surface area contributed by atoms with Gasteiger partial charge < -0.3 is 5.32 Å². The Labute approximate surface area is 160 Å². The number of rotatable bonds is 5. The van der Waals surface area contributed by atoms with Gasteiger partial charge in [-0.25, -0.2) is 8.78 Å². The van der Waals surface area contributed by atoms with Crippen LogP contribution in [-0.2, 0) is 0 Å². The second kappa shape index (κ2) is 7.68. The van der Waals surface area contributed by atoms with Gasteiger partial charge in [-0.1, -0.05) is 37.8 Å². The van der Waals surface area contributed by atoms with Crippen LogP contribution in [0.2, 0.25) is 0 Å². The molecule has 2 nitrogen and oxygen atoms in total. The van der Waals surface area contributed by atoms with Crippen LogP contribution in [0.4, 0.5) is 22.0 Å². The van der Waals surface area contributed by atoms with Crippen LogP contribution >= 0.6 is 0 Å². The van der Waals surface area contributed by atoms with Crippen LogP contribution < -0.4 is 5.32 Å². The van der Waals surface area contributed by atoms with Crippen molar-refractivity contribution < 1.29 is 26.7 Å². The maximum atomic E-state index is 13.8. The molecule has 1 aliphatic rings. The number of hydrogen-bond acceptors (Lipinski definition) is 1. The Morgan fingerprint density at radius 3 is 2.43 bits per heavy atom. The Hall–Kier alpha value is -2.18. The zero-order valence-electron chi connectivity index (χ0n) is 15.5. The molecule has 1 unspecified atom stereocenters. The number of benzene rings is 2. The summed E-state index contributed by atoms with van der Waals surface area (Å²) in [6.07, 6.45) is -1.55. The van der Waals surface area contributed by atoms with E-state index in [4.69, 9.17) is 0 Å². The highest BCUT2D eigenvalue weighted by Crippen LogP contribution is 2.37. The Bertz CT molecular complexity index is 873. The zero-order chi connectivity index (χ0) is 20.5. The lowest BCUT2D eigenvalue weighted by Crippen LogP contribution is -2.49. The second-order valence-electron chi connectivity index (χ2n) is 7.96. The molecular weight excluding hydrogens is 377 g/mol. The molecule has 0 radical (unpaired) electrons. The molecule has 1 atom stereocenters. The minimum atomic E-state index is -4.41. The summed E-state index contributed by atoms with van der Waals surface area (Å²) in [5, 5.41) is 2.88. The van der Waals surface area contributed by atoms with Crippen LogP contribution in [0, 0.1) is 17.6 Å². The van der Waals surface area contributed by atoms with E-state index in [1.807, 2.05) is 0 Å². The Morgan fingerprint density at radius 1 is 1.11 bits per heavy atom. The van der Waals surface area contributed by atoms with E-state index >= 15 is 0 Å². The first-order valence-electron chi connectivity index (χ1n) is 9.33. The number of fused-ring (bicyclic) bond motifs is 1. The zero-order valence-corrected chi connectivity index (χ0v) is 15.5. The minimum absolute atomic E-state index is 0.0144. The standard InChI is InChI=1S/C21H22F5NO/c1-20(12-21(24,25)26,11-13-4-2-3-5-13)27-19(28)15-6-8-16-14(10-15)7-9-17(22)18(16)23/h6-10,13H,2-5,11-12H2,1H3,(H,27,28). The highest BCUT2D eigenvalue weighted by molar-refractivity contribution is 5.99. The van der Waals surface area contributed by atoms with E-state index in [0.29, 0.717) is 5.39 Å². The Balaban J connectivity index is 1.84. The molecule has 2 aromatic carbocycles. The van der Waals surface area contributed by atoms with Crippen molar-refractivity contribution in [1.82, 2.24) is 5.32 Å². The van der Waals surface area contributed by atoms with Gasteiger partial charge in [0.15, 0.2) is 11.6 Å². The summed E-state index contributed by atoms with van der Waals surface area (Å²) in [7, 11) is 0. The fourth-order valence-electron chi connectivity index (χ4n) is 4.21. The highest BCUT2D eigenvalue weighted by atomic mass is 19.4. The van der Waals surface area contributed by atoms with Crippen molar-refractivity contribution in [3.63, 3.8) is 0 Å². The number of hydrogen-bond donors (Lipinski definition) is 1. The lowest BCUT2D eigenvalue weighted by molar-refractivity contribution is -0.149. The van der Waals surface area contributed by atoms with Gasteiger partial charge in [0.05, 0.1) is 6.42 Å². The lowest BCUT2D eigenvalue weighted by atomic mass is 9.84. The van der Waals surface area contributed by atoms with Crippen LogP contribution in [-0.4, -0.2) is 17.6 Å². The first-order chi connectivity index (χ1) is 13.1. The average Bonchev–Trinajstić information content (AvgIpc) is 3.08. The molecule has 0 saturated heterocycles. The van der Waals surface area contributed by atoms with Crippen molar-refractivity contribution in [2.75, 3.05) is 0 Å². The smallest absolute Gasteiger partial charge is 0.347 e. The first-order valence-corrected chi connectivity index (χ1v) is 9.33. The Kier molecular flexibility index (Phi) is 5.64. The normalized spacial score (nSPS) is 17.6.